The molecule has 190 valence electrons. The van der Waals surface area contributed by atoms with E-state index in [0.29, 0.717) is 38.2 Å². The van der Waals surface area contributed by atoms with Gasteiger partial charge in [-0.05, 0) is 55.7 Å². The van der Waals surface area contributed by atoms with Crippen LogP contribution in [-0.4, -0.2) is 35.4 Å². The predicted octanol–water partition coefficient (Wildman–Crippen LogP) is 6.53. The van der Waals surface area contributed by atoms with E-state index in [0.717, 1.165) is 37.7 Å². The quantitative estimate of drug-likeness (QED) is 0.291. The zero-order valence-corrected chi connectivity index (χ0v) is 22.7. The number of nitrogens with zero attached hydrogens (tertiary/aromatic N) is 1. The van der Waals surface area contributed by atoms with Gasteiger partial charge in [-0.25, -0.2) is 4.79 Å². The van der Waals surface area contributed by atoms with E-state index in [4.69, 9.17) is 32.7 Å². The summed E-state index contributed by atoms with van der Waals surface area (Å²) in [6, 6.07) is 7.68. The lowest BCUT2D eigenvalue weighted by Gasteiger charge is -2.35. The van der Waals surface area contributed by atoms with E-state index in [1.807, 2.05) is 6.92 Å². The van der Waals surface area contributed by atoms with Crippen molar-refractivity contribution in [1.82, 2.24) is 10.2 Å². The topological polar surface area (TPSA) is 84.9 Å². The summed E-state index contributed by atoms with van der Waals surface area (Å²) in [5.74, 6) is -0.422. The van der Waals surface area contributed by atoms with E-state index in [1.54, 1.807) is 30.3 Å². The summed E-state index contributed by atoms with van der Waals surface area (Å²) in [6.07, 6.45) is 5.91. The highest BCUT2D eigenvalue weighted by atomic mass is 79.9. The molecule has 0 spiro atoms. The fourth-order valence-corrected chi connectivity index (χ4v) is 5.23. The number of amides is 4. The van der Waals surface area contributed by atoms with E-state index >= 15 is 0 Å². The van der Waals surface area contributed by atoms with Crippen LogP contribution in [0.1, 0.15) is 50.2 Å². The minimum atomic E-state index is -0.723. The van der Waals surface area contributed by atoms with Crippen molar-refractivity contribution < 1.29 is 23.9 Å². The van der Waals surface area contributed by atoms with E-state index < -0.39 is 17.8 Å². The molecule has 1 heterocycles. The third-order valence-corrected chi connectivity index (χ3v) is 7.41. The number of carbonyl (C=O) groups is 3. The van der Waals surface area contributed by atoms with Crippen molar-refractivity contribution >= 4 is 63.1 Å². The van der Waals surface area contributed by atoms with E-state index in [2.05, 4.69) is 21.2 Å². The molecule has 1 N–H and O–H groups in total. The van der Waals surface area contributed by atoms with E-state index in [9.17, 15) is 14.4 Å². The number of rotatable bonds is 7. The highest BCUT2D eigenvalue weighted by Gasteiger charge is 2.40. The van der Waals surface area contributed by atoms with Gasteiger partial charge in [0.15, 0.2) is 11.5 Å². The third-order valence-electron chi connectivity index (χ3n) is 6.13. The normalized spacial score (nSPS) is 17.9. The Labute approximate surface area is 227 Å². The predicted molar refractivity (Wildman–Crippen MR) is 141 cm³/mol. The number of urea groups is 1. The zero-order valence-electron chi connectivity index (χ0n) is 19.6. The number of ether oxygens (including phenoxy) is 2. The zero-order chi connectivity index (χ0) is 25.8. The van der Waals surface area contributed by atoms with Crippen LogP contribution >= 0.6 is 39.1 Å². The Morgan fingerprint density at radius 3 is 2.47 bits per heavy atom. The van der Waals surface area contributed by atoms with Crippen LogP contribution < -0.4 is 14.8 Å². The van der Waals surface area contributed by atoms with Crippen molar-refractivity contribution in [2.75, 3.05) is 6.61 Å². The molecule has 1 aliphatic carbocycles. The van der Waals surface area contributed by atoms with Gasteiger partial charge in [-0.2, -0.15) is 0 Å². The van der Waals surface area contributed by atoms with Crippen LogP contribution in [0, 0.1) is 0 Å². The summed E-state index contributed by atoms with van der Waals surface area (Å²) in [5.41, 5.74) is 1.18. The Bertz CT molecular complexity index is 1230. The second kappa shape index (κ2) is 11.7. The first-order valence-electron chi connectivity index (χ1n) is 11.7. The van der Waals surface area contributed by atoms with Crippen molar-refractivity contribution in [3.63, 3.8) is 0 Å². The Hall–Kier alpha value is -2.55. The Morgan fingerprint density at radius 2 is 1.78 bits per heavy atom. The summed E-state index contributed by atoms with van der Waals surface area (Å²) in [4.78, 5) is 39.5. The molecule has 1 saturated carbocycles. The van der Waals surface area contributed by atoms with Crippen LogP contribution in [0.3, 0.4) is 0 Å². The molecule has 10 heteroatoms. The van der Waals surface area contributed by atoms with E-state index in [-0.39, 0.29) is 18.2 Å². The monoisotopic (exact) mass is 594 g/mol. The van der Waals surface area contributed by atoms with Crippen molar-refractivity contribution in [2.45, 2.75) is 51.7 Å². The fourth-order valence-electron chi connectivity index (χ4n) is 4.33. The van der Waals surface area contributed by atoms with Crippen LogP contribution in [-0.2, 0) is 16.2 Å². The van der Waals surface area contributed by atoms with Gasteiger partial charge in [0.25, 0.3) is 11.8 Å². The molecule has 4 amide bonds. The van der Waals surface area contributed by atoms with Gasteiger partial charge in [0.05, 0.1) is 6.61 Å². The average molecular weight is 596 g/mol. The number of imide groups is 2. The maximum Gasteiger partial charge on any atom is 0.331 e. The molecule has 0 unspecified atom stereocenters. The third kappa shape index (κ3) is 5.88. The second-order valence-electron chi connectivity index (χ2n) is 8.56. The Kier molecular flexibility index (Phi) is 8.59. The summed E-state index contributed by atoms with van der Waals surface area (Å²) >= 11 is 15.7. The van der Waals surface area contributed by atoms with Gasteiger partial charge >= 0.3 is 6.03 Å². The molecule has 1 aliphatic heterocycles. The summed E-state index contributed by atoms with van der Waals surface area (Å²) in [5, 5.41) is 3.33. The van der Waals surface area contributed by atoms with Crippen LogP contribution in [0.5, 0.6) is 11.5 Å². The summed E-state index contributed by atoms with van der Waals surface area (Å²) in [7, 11) is 0. The molecular weight excluding hydrogens is 571 g/mol. The second-order valence-corrected chi connectivity index (χ2v) is 10.3. The number of hydrogen-bond acceptors (Lipinski definition) is 5. The summed E-state index contributed by atoms with van der Waals surface area (Å²) < 4.78 is 12.3. The van der Waals surface area contributed by atoms with Crippen LogP contribution in [0.25, 0.3) is 6.08 Å². The maximum absolute atomic E-state index is 13.2. The van der Waals surface area contributed by atoms with Gasteiger partial charge in [0.2, 0.25) is 0 Å². The molecule has 0 radical (unpaired) electrons. The van der Waals surface area contributed by atoms with Crippen LogP contribution in [0.15, 0.2) is 40.4 Å². The smallest absolute Gasteiger partial charge is 0.331 e. The number of hydrogen-bond donors (Lipinski definition) is 1. The fraction of sp³-hybridized carbons (Fsp3) is 0.346. The molecule has 0 atom stereocenters. The lowest BCUT2D eigenvalue weighted by Crippen LogP contribution is -2.58. The molecule has 2 aromatic rings. The lowest BCUT2D eigenvalue weighted by molar-refractivity contribution is -0.132. The van der Waals surface area contributed by atoms with Crippen LogP contribution in [0.2, 0.25) is 10.0 Å². The SMILES string of the molecule is CCOc1cc(C=C2C(=O)NC(=O)N(C3CCCCC3)C2=O)c(Br)cc1OCc1ccc(Cl)cc1Cl. The Balaban J connectivity index is 1.62. The number of barbiturate groups is 1. The molecule has 0 aromatic heterocycles. The lowest BCUT2D eigenvalue weighted by atomic mass is 9.93. The highest BCUT2D eigenvalue weighted by molar-refractivity contribution is 9.10. The summed E-state index contributed by atoms with van der Waals surface area (Å²) in [6.45, 7) is 2.40. The van der Waals surface area contributed by atoms with Crippen molar-refractivity contribution in [3.05, 3.63) is 61.5 Å². The molecule has 2 aromatic carbocycles. The molecule has 0 bridgehead atoms. The maximum atomic E-state index is 13.2. The number of nitrogens with one attached hydrogen (secondary N) is 1. The number of halogens is 3. The highest BCUT2D eigenvalue weighted by Crippen LogP contribution is 2.36. The minimum Gasteiger partial charge on any atom is -0.490 e. The molecule has 2 aliphatic rings. The van der Waals surface area contributed by atoms with Gasteiger partial charge in [-0.15, -0.1) is 0 Å². The standard InChI is InChI=1S/C26H25BrCl2N2O5/c1-2-35-22-11-16(20(27)13-23(22)36-14-15-8-9-17(28)12-21(15)29)10-19-24(32)30-26(34)31(25(19)33)18-6-4-3-5-7-18/h8-13,18H,2-7,14H2,1H3,(H,30,32,34). The average Bonchev–Trinajstić information content (AvgIpc) is 2.84. The van der Waals surface area contributed by atoms with Crippen molar-refractivity contribution in [1.29, 1.82) is 0 Å². The number of carbonyl (C=O) groups excluding carboxylic acids is 3. The van der Waals surface area contributed by atoms with Gasteiger partial charge in [0, 0.05) is 26.1 Å². The Morgan fingerprint density at radius 1 is 1.06 bits per heavy atom. The molecular formula is C26H25BrCl2N2O5. The first-order valence-corrected chi connectivity index (χ1v) is 13.3. The molecule has 7 nitrogen and oxygen atoms in total. The van der Waals surface area contributed by atoms with Crippen LogP contribution in [0.4, 0.5) is 4.79 Å². The first kappa shape index (κ1) is 26.5. The van der Waals surface area contributed by atoms with Crippen molar-refractivity contribution in [3.8, 4) is 11.5 Å². The number of benzene rings is 2. The van der Waals surface area contributed by atoms with Gasteiger partial charge in [0.1, 0.15) is 12.2 Å². The first-order chi connectivity index (χ1) is 17.3. The molecule has 4 rings (SSSR count). The van der Waals surface area contributed by atoms with Gasteiger partial charge < -0.3 is 9.47 Å². The largest absolute Gasteiger partial charge is 0.490 e. The molecule has 2 fully saturated rings. The molecule has 1 saturated heterocycles. The van der Waals surface area contributed by atoms with Gasteiger partial charge in [-0.3, -0.25) is 19.8 Å². The van der Waals surface area contributed by atoms with Crippen molar-refractivity contribution in [2.24, 2.45) is 0 Å². The van der Waals surface area contributed by atoms with Gasteiger partial charge in [-0.1, -0.05) is 64.5 Å². The molecule has 36 heavy (non-hydrogen) atoms. The minimum absolute atomic E-state index is 0.107. The van der Waals surface area contributed by atoms with E-state index in [1.165, 1.54) is 11.0 Å².